The molecule has 4 unspecified atom stereocenters. The van der Waals surface area contributed by atoms with Crippen molar-refractivity contribution in [2.75, 3.05) is 51.1 Å². The fourth-order valence-electron chi connectivity index (χ4n) is 7.80. The molecule has 15 heteroatoms. The summed E-state index contributed by atoms with van der Waals surface area (Å²) in [6.07, 6.45) is 7.31. The van der Waals surface area contributed by atoms with E-state index in [1.54, 1.807) is 7.11 Å². The Hall–Kier alpha value is -3.79. The zero-order chi connectivity index (χ0) is 40.3. The largest absolute Gasteiger partial charge is 0.391 e. The maximum atomic E-state index is 14.4. The average Bonchev–Trinajstić information content (AvgIpc) is 3.63. The molecule has 7 N–H and O–H groups in total. The van der Waals surface area contributed by atoms with Gasteiger partial charge in [0.05, 0.1) is 18.2 Å². The molecule has 4 rings (SSSR count). The average molecular weight is 785 g/mol. The number of nitrogens with two attached hydrogens (primary N) is 1. The highest BCUT2D eigenvalue weighted by Crippen LogP contribution is 2.30. The number of aromatic nitrogens is 3. The number of nitrogen functional groups attached to an aromatic ring is 1. The number of amides is 3. The molecule has 5 atom stereocenters. The van der Waals surface area contributed by atoms with Crippen LogP contribution >= 0.6 is 0 Å². The summed E-state index contributed by atoms with van der Waals surface area (Å²) in [6.45, 7) is 7.99. The van der Waals surface area contributed by atoms with Gasteiger partial charge in [0.1, 0.15) is 19.0 Å². The molecule has 0 bridgehead atoms. The number of aliphatic hydroxyl groups excluding tert-OH is 1. The third-order valence-corrected chi connectivity index (χ3v) is 11.1. The van der Waals surface area contributed by atoms with Gasteiger partial charge in [0.15, 0.2) is 0 Å². The number of aromatic amines is 1. The SMILES string of the molecule is CCCCC(OC(Cc1ccccc1)C(=O)N1CCC(OCOC)CC1)C(=O)NC(CC1CCCCC1)[C@@H](O)CC(C(=O)NCCNc1n[nH]c(N)n1)C(C)C. The van der Waals surface area contributed by atoms with E-state index < -0.39 is 30.3 Å². The second-order valence-electron chi connectivity index (χ2n) is 15.8. The Labute approximate surface area is 333 Å². The van der Waals surface area contributed by atoms with Gasteiger partial charge >= 0.3 is 0 Å². The first-order valence-corrected chi connectivity index (χ1v) is 20.8. The molecule has 2 heterocycles. The van der Waals surface area contributed by atoms with Gasteiger partial charge in [-0.3, -0.25) is 14.4 Å². The molecule has 0 spiro atoms. The summed E-state index contributed by atoms with van der Waals surface area (Å²) in [5.74, 6) is -0.290. The number of aliphatic hydroxyl groups is 1. The molecule has 314 valence electrons. The zero-order valence-corrected chi connectivity index (χ0v) is 34.0. The molecule has 1 aliphatic carbocycles. The Morgan fingerprint density at radius 2 is 1.75 bits per heavy atom. The predicted octanol–water partition coefficient (Wildman–Crippen LogP) is 4.19. The number of hydrogen-bond acceptors (Lipinski definition) is 11. The quantitative estimate of drug-likeness (QED) is 0.0658. The molecule has 3 amide bonds. The maximum Gasteiger partial charge on any atom is 0.252 e. The minimum atomic E-state index is -0.969. The summed E-state index contributed by atoms with van der Waals surface area (Å²) in [4.78, 5) is 47.8. The number of carbonyl (C=O) groups is 3. The van der Waals surface area contributed by atoms with Gasteiger partial charge in [0.2, 0.25) is 23.7 Å². The second-order valence-corrected chi connectivity index (χ2v) is 15.8. The molecule has 2 fully saturated rings. The third-order valence-electron chi connectivity index (χ3n) is 11.1. The van der Waals surface area contributed by atoms with Crippen LogP contribution in [0.1, 0.15) is 103 Å². The molecule has 0 radical (unpaired) electrons. The highest BCUT2D eigenvalue weighted by Gasteiger charge is 2.36. The number of carbonyl (C=O) groups excluding carboxylic acids is 3. The van der Waals surface area contributed by atoms with Crippen molar-refractivity contribution in [2.24, 2.45) is 17.8 Å². The van der Waals surface area contributed by atoms with Crippen molar-refractivity contribution in [3.63, 3.8) is 0 Å². The smallest absolute Gasteiger partial charge is 0.252 e. The Balaban J connectivity index is 1.47. The number of benzene rings is 1. The van der Waals surface area contributed by atoms with Gasteiger partial charge in [-0.05, 0) is 49.5 Å². The van der Waals surface area contributed by atoms with Crippen LogP contribution in [0.15, 0.2) is 30.3 Å². The summed E-state index contributed by atoms with van der Waals surface area (Å²) >= 11 is 0. The van der Waals surface area contributed by atoms with Crippen LogP contribution < -0.4 is 21.7 Å². The first-order chi connectivity index (χ1) is 27.1. The molecule has 1 aromatic carbocycles. The fraction of sp³-hybridized carbons (Fsp3) is 0.732. The van der Waals surface area contributed by atoms with E-state index in [0.717, 1.165) is 44.1 Å². The van der Waals surface area contributed by atoms with E-state index in [0.29, 0.717) is 70.1 Å². The Morgan fingerprint density at radius 3 is 2.39 bits per heavy atom. The molecule has 1 aliphatic heterocycles. The number of methoxy groups -OCH3 is 1. The topological polar surface area (TPSA) is 206 Å². The number of nitrogens with one attached hydrogen (secondary N) is 4. The van der Waals surface area contributed by atoms with E-state index in [1.807, 2.05) is 49.1 Å². The Morgan fingerprint density at radius 1 is 1.02 bits per heavy atom. The molecule has 2 aliphatic rings. The number of ether oxygens (including phenoxy) is 3. The van der Waals surface area contributed by atoms with Crippen molar-refractivity contribution in [2.45, 2.75) is 135 Å². The monoisotopic (exact) mass is 785 g/mol. The van der Waals surface area contributed by atoms with Gasteiger partial charge in [-0.2, -0.15) is 4.98 Å². The van der Waals surface area contributed by atoms with E-state index in [1.165, 1.54) is 6.42 Å². The summed E-state index contributed by atoms with van der Waals surface area (Å²) in [5.41, 5.74) is 6.53. The lowest BCUT2D eigenvalue weighted by molar-refractivity contribution is -0.157. The van der Waals surface area contributed by atoms with Crippen LogP contribution in [0, 0.1) is 17.8 Å². The van der Waals surface area contributed by atoms with Crippen LogP contribution in [0.25, 0.3) is 0 Å². The molecule has 1 saturated heterocycles. The van der Waals surface area contributed by atoms with Gasteiger partial charge in [-0.15, -0.1) is 5.10 Å². The summed E-state index contributed by atoms with van der Waals surface area (Å²) in [6, 6.07) is 9.16. The summed E-state index contributed by atoms with van der Waals surface area (Å²) < 4.78 is 17.4. The lowest BCUT2D eigenvalue weighted by atomic mass is 9.81. The third kappa shape index (κ3) is 14.9. The molecule has 56 heavy (non-hydrogen) atoms. The normalized spacial score (nSPS) is 18.2. The van der Waals surface area contributed by atoms with Gasteiger partial charge in [0.25, 0.3) is 5.91 Å². The summed E-state index contributed by atoms with van der Waals surface area (Å²) in [5, 5.41) is 27.6. The van der Waals surface area contributed by atoms with Crippen molar-refractivity contribution in [1.82, 2.24) is 30.7 Å². The lowest BCUT2D eigenvalue weighted by Gasteiger charge is -2.36. The van der Waals surface area contributed by atoms with E-state index in [4.69, 9.17) is 19.9 Å². The van der Waals surface area contributed by atoms with Crippen LogP contribution in [0.2, 0.25) is 0 Å². The maximum absolute atomic E-state index is 14.4. The molecule has 15 nitrogen and oxygen atoms in total. The first-order valence-electron chi connectivity index (χ1n) is 20.8. The predicted molar refractivity (Wildman–Crippen MR) is 215 cm³/mol. The second kappa shape index (κ2) is 24.1. The van der Waals surface area contributed by atoms with E-state index in [-0.39, 0.29) is 48.9 Å². The van der Waals surface area contributed by atoms with Crippen LogP contribution in [0.4, 0.5) is 11.9 Å². The van der Waals surface area contributed by atoms with Crippen molar-refractivity contribution < 1.29 is 33.7 Å². The molecule has 1 saturated carbocycles. The highest BCUT2D eigenvalue weighted by atomic mass is 16.7. The minimum absolute atomic E-state index is 0.0201. The number of piperidine rings is 1. The van der Waals surface area contributed by atoms with Crippen LogP contribution in [-0.4, -0.2) is 113 Å². The van der Waals surface area contributed by atoms with Crippen molar-refractivity contribution in [3.05, 3.63) is 35.9 Å². The van der Waals surface area contributed by atoms with Gasteiger partial charge in [-0.1, -0.05) is 96.0 Å². The van der Waals surface area contributed by atoms with Crippen molar-refractivity contribution >= 4 is 29.6 Å². The minimum Gasteiger partial charge on any atom is -0.391 e. The summed E-state index contributed by atoms with van der Waals surface area (Å²) in [7, 11) is 1.59. The number of hydrogen-bond donors (Lipinski definition) is 6. The first kappa shape index (κ1) is 44.9. The van der Waals surface area contributed by atoms with Crippen LogP contribution in [-0.2, 0) is 35.0 Å². The van der Waals surface area contributed by atoms with E-state index >= 15 is 0 Å². The lowest BCUT2D eigenvalue weighted by Crippen LogP contribution is -2.52. The Bertz CT molecular complexity index is 1430. The number of likely N-dealkylation sites (tertiary alicyclic amines) is 1. The molecular weight excluding hydrogens is 716 g/mol. The standard InChI is InChI=1S/C41H68N8O7/c1-5-6-17-35(56-36(25-30-15-11-8-12-16-30)39(53)49-22-18-31(19-23-49)55-27-54-4)38(52)45-33(24-29-13-9-7-10-14-29)34(50)26-32(28(2)3)37(51)43-20-21-44-41-46-40(42)47-48-41/h8,11-12,15-16,28-29,31-36,50H,5-7,9-10,13-14,17-27H2,1-4H3,(H,43,51)(H,45,52)(H4,42,44,46,47,48)/t32?,33?,34-,35?,36?/m0/s1. The van der Waals surface area contributed by atoms with Crippen LogP contribution in [0.3, 0.4) is 0 Å². The van der Waals surface area contributed by atoms with E-state index in [2.05, 4.69) is 38.1 Å². The van der Waals surface area contributed by atoms with E-state index in [9.17, 15) is 19.5 Å². The number of rotatable bonds is 24. The van der Waals surface area contributed by atoms with Gasteiger partial charge < -0.3 is 45.9 Å². The zero-order valence-electron chi connectivity index (χ0n) is 34.0. The number of H-pyrrole nitrogens is 1. The van der Waals surface area contributed by atoms with Crippen molar-refractivity contribution in [3.8, 4) is 0 Å². The molecule has 2 aromatic rings. The number of unbranched alkanes of at least 4 members (excludes halogenated alkanes) is 1. The van der Waals surface area contributed by atoms with Gasteiger partial charge in [0, 0.05) is 45.6 Å². The van der Waals surface area contributed by atoms with Crippen LogP contribution in [0.5, 0.6) is 0 Å². The number of anilines is 2. The Kier molecular flexibility index (Phi) is 19.3. The fourth-order valence-corrected chi connectivity index (χ4v) is 7.80. The van der Waals surface area contributed by atoms with Crippen molar-refractivity contribution in [1.29, 1.82) is 0 Å². The molecular formula is C41H68N8O7. The highest BCUT2D eigenvalue weighted by molar-refractivity contribution is 5.84. The molecule has 1 aromatic heterocycles. The number of nitrogens with zero attached hydrogens (tertiary/aromatic N) is 3. The van der Waals surface area contributed by atoms with Gasteiger partial charge in [-0.25, -0.2) is 5.10 Å².